The van der Waals surface area contributed by atoms with Crippen molar-refractivity contribution < 1.29 is 14.0 Å². The lowest BCUT2D eigenvalue weighted by Crippen LogP contribution is -2.79. The molecule has 4 bridgehead atoms. The highest BCUT2D eigenvalue weighted by Gasteiger charge is 2.52. The molecule has 1 atom stereocenters. The van der Waals surface area contributed by atoms with E-state index >= 15 is 4.57 Å². The van der Waals surface area contributed by atoms with Crippen LogP contribution in [0.5, 0.6) is 11.5 Å². The second-order valence-corrected chi connectivity index (χ2v) is 13.0. The Morgan fingerprint density at radius 1 is 0.743 bits per heavy atom. The molecule has 35 heavy (non-hydrogen) atoms. The zero-order chi connectivity index (χ0) is 23.5. The monoisotopic (exact) mass is 488 g/mol. The lowest BCUT2D eigenvalue weighted by atomic mass is 9.90. The van der Waals surface area contributed by atoms with E-state index in [0.717, 1.165) is 61.6 Å². The van der Waals surface area contributed by atoms with Gasteiger partial charge >= 0.3 is 0 Å². The molecule has 3 aromatic rings. The summed E-state index contributed by atoms with van der Waals surface area (Å²) in [5.41, 5.74) is 0.788. The van der Waals surface area contributed by atoms with Gasteiger partial charge in [-0.1, -0.05) is 66.7 Å². The molecule has 0 saturated carbocycles. The average molecular weight is 489 g/mol. The summed E-state index contributed by atoms with van der Waals surface area (Å²) in [6.07, 6.45) is 0. The van der Waals surface area contributed by atoms with Crippen molar-refractivity contribution >= 4 is 17.8 Å². The summed E-state index contributed by atoms with van der Waals surface area (Å²) >= 11 is 0. The van der Waals surface area contributed by atoms with Crippen LogP contribution in [-0.4, -0.2) is 66.7 Å². The molecule has 1 N–H and O–H groups in total. The average Bonchev–Trinajstić information content (AvgIpc) is 3.35. The summed E-state index contributed by atoms with van der Waals surface area (Å²) in [5, 5.41) is 5.73. The summed E-state index contributed by atoms with van der Waals surface area (Å²) in [7, 11) is -3.17. The fraction of sp³-hybridized carbons (Fsp3) is 0.333. The van der Waals surface area contributed by atoms with E-state index in [-0.39, 0.29) is 12.3 Å². The van der Waals surface area contributed by atoms with E-state index in [2.05, 4.69) is 20.0 Å². The Morgan fingerprint density at radius 2 is 1.29 bits per heavy atom. The van der Waals surface area contributed by atoms with Crippen molar-refractivity contribution in [2.75, 3.05) is 46.4 Å². The van der Waals surface area contributed by atoms with E-state index in [9.17, 15) is 0 Å². The van der Waals surface area contributed by atoms with Gasteiger partial charge in [0.25, 0.3) is 0 Å². The van der Waals surface area contributed by atoms with Gasteiger partial charge in [0.2, 0.25) is 6.79 Å². The van der Waals surface area contributed by atoms with Gasteiger partial charge in [-0.3, -0.25) is 20.0 Å². The summed E-state index contributed by atoms with van der Waals surface area (Å²) < 4.78 is 26.9. The number of hydrogen-bond acceptors (Lipinski definition) is 7. The molecule has 5 aliphatic heterocycles. The maximum absolute atomic E-state index is 15.6. The van der Waals surface area contributed by atoms with Crippen LogP contribution < -0.4 is 25.4 Å². The van der Waals surface area contributed by atoms with Gasteiger partial charge in [-0.05, 0) is 17.7 Å². The number of nitrogens with one attached hydrogen (secondary N) is 1. The first-order valence-corrected chi connectivity index (χ1v) is 13.9. The van der Waals surface area contributed by atoms with Crippen LogP contribution in [0.3, 0.4) is 0 Å². The van der Waals surface area contributed by atoms with E-state index in [0.29, 0.717) is 5.75 Å². The Kier molecular flexibility index (Phi) is 5.05. The van der Waals surface area contributed by atoms with E-state index in [4.69, 9.17) is 9.47 Å². The van der Waals surface area contributed by atoms with E-state index in [1.165, 1.54) is 0 Å². The van der Waals surface area contributed by atoms with Crippen molar-refractivity contribution in [1.82, 2.24) is 20.0 Å². The summed E-state index contributed by atoms with van der Waals surface area (Å²) in [6.45, 7) is 6.07. The zero-order valence-corrected chi connectivity index (χ0v) is 20.4. The smallest absolute Gasteiger partial charge is 0.231 e. The van der Waals surface area contributed by atoms with Crippen LogP contribution in [0.15, 0.2) is 78.9 Å². The molecule has 4 saturated heterocycles. The fourth-order valence-corrected chi connectivity index (χ4v) is 9.52. The van der Waals surface area contributed by atoms with Crippen molar-refractivity contribution in [3.8, 4) is 11.5 Å². The molecule has 0 spiro atoms. The molecule has 4 fully saturated rings. The van der Waals surface area contributed by atoms with Gasteiger partial charge in [-0.25, -0.2) is 0 Å². The van der Waals surface area contributed by atoms with Crippen molar-refractivity contribution in [2.24, 2.45) is 0 Å². The molecule has 7 nitrogen and oxygen atoms in total. The van der Waals surface area contributed by atoms with Gasteiger partial charge in [0.15, 0.2) is 18.6 Å². The van der Waals surface area contributed by atoms with Gasteiger partial charge in [0.1, 0.15) is 0 Å². The van der Waals surface area contributed by atoms with E-state index in [1.54, 1.807) is 0 Å². The van der Waals surface area contributed by atoms with Crippen molar-refractivity contribution in [3.63, 3.8) is 0 Å². The third-order valence-electron chi connectivity index (χ3n) is 7.58. The molecule has 0 aromatic heterocycles. The summed E-state index contributed by atoms with van der Waals surface area (Å²) in [6, 6.07) is 25.9. The fourth-order valence-electron chi connectivity index (χ4n) is 6.36. The van der Waals surface area contributed by atoms with Gasteiger partial charge < -0.3 is 14.0 Å². The van der Waals surface area contributed by atoms with Gasteiger partial charge in [0.05, 0.1) is 31.3 Å². The number of fused-ring (bicyclic) bond motifs is 1. The molecule has 3 aromatic carbocycles. The standard InChI is InChI=1S/C27H29N4O3P/c32-35(22-7-3-1-4-8-22,23-9-5-2-6-10-23)26(21-11-12-24-25(13-21)34-20-33-24)28-27-14-29-17-30(15-27)19-31(16-27)18-29/h1-13,26,28H,14-20H2. The highest BCUT2D eigenvalue weighted by atomic mass is 31.2. The zero-order valence-electron chi connectivity index (χ0n) is 19.5. The Balaban J connectivity index is 1.39. The summed E-state index contributed by atoms with van der Waals surface area (Å²) in [4.78, 5) is 7.45. The largest absolute Gasteiger partial charge is 0.454 e. The third kappa shape index (κ3) is 3.62. The topological polar surface area (TPSA) is 57.3 Å². The van der Waals surface area contributed by atoms with E-state index < -0.39 is 12.9 Å². The molecule has 5 aliphatic rings. The first-order chi connectivity index (χ1) is 17.1. The maximum atomic E-state index is 15.6. The first-order valence-electron chi connectivity index (χ1n) is 12.2. The van der Waals surface area contributed by atoms with Crippen molar-refractivity contribution in [1.29, 1.82) is 0 Å². The molecule has 0 aliphatic carbocycles. The number of nitrogens with zero attached hydrogens (tertiary/aromatic N) is 3. The summed E-state index contributed by atoms with van der Waals surface area (Å²) in [5.74, 6) is 1.03. The number of benzene rings is 3. The predicted octanol–water partition coefficient (Wildman–Crippen LogP) is 2.58. The Morgan fingerprint density at radius 3 is 1.86 bits per heavy atom. The Labute approximate surface area is 205 Å². The molecule has 180 valence electrons. The highest BCUT2D eigenvalue weighted by molar-refractivity contribution is 7.79. The molecule has 0 radical (unpaired) electrons. The van der Waals surface area contributed by atoms with Crippen LogP contribution in [0, 0.1) is 0 Å². The van der Waals surface area contributed by atoms with Gasteiger partial charge in [-0.2, -0.15) is 0 Å². The van der Waals surface area contributed by atoms with E-state index in [1.807, 2.05) is 78.9 Å². The highest BCUT2D eigenvalue weighted by Crippen LogP contribution is 2.57. The Hall–Kier alpha value is -2.67. The lowest BCUT2D eigenvalue weighted by Gasteiger charge is -2.61. The van der Waals surface area contributed by atoms with Crippen LogP contribution in [-0.2, 0) is 4.57 Å². The van der Waals surface area contributed by atoms with Crippen LogP contribution >= 0.6 is 7.14 Å². The van der Waals surface area contributed by atoms with Gasteiger partial charge in [0, 0.05) is 30.2 Å². The molecular weight excluding hydrogens is 459 g/mol. The second-order valence-electron chi connectivity index (χ2n) is 10.2. The normalized spacial score (nSPS) is 29.3. The molecule has 0 amide bonds. The minimum absolute atomic E-state index is 0.172. The number of ether oxygens (including phenoxy) is 2. The number of hydrogen-bond donors (Lipinski definition) is 1. The van der Waals surface area contributed by atoms with Crippen molar-refractivity contribution in [3.05, 3.63) is 84.4 Å². The van der Waals surface area contributed by atoms with Crippen LogP contribution in [0.2, 0.25) is 0 Å². The maximum Gasteiger partial charge on any atom is 0.231 e. The van der Waals surface area contributed by atoms with Crippen LogP contribution in [0.4, 0.5) is 0 Å². The minimum Gasteiger partial charge on any atom is -0.454 e. The third-order valence-corrected chi connectivity index (χ3v) is 10.9. The molecule has 5 heterocycles. The van der Waals surface area contributed by atoms with Crippen LogP contribution in [0.1, 0.15) is 11.3 Å². The van der Waals surface area contributed by atoms with Crippen LogP contribution in [0.25, 0.3) is 0 Å². The van der Waals surface area contributed by atoms with Gasteiger partial charge in [-0.15, -0.1) is 0 Å². The quantitative estimate of drug-likeness (QED) is 0.536. The molecule has 8 heteroatoms. The Bertz CT molecular complexity index is 1210. The second kappa shape index (κ2) is 8.19. The molecular formula is C27H29N4O3P. The van der Waals surface area contributed by atoms with Crippen molar-refractivity contribution in [2.45, 2.75) is 11.3 Å². The minimum atomic E-state index is -3.17. The molecule has 8 rings (SSSR count). The number of rotatable bonds is 6. The first kappa shape index (κ1) is 21.6. The molecule has 1 unspecified atom stereocenters. The predicted molar refractivity (Wildman–Crippen MR) is 136 cm³/mol. The lowest BCUT2D eigenvalue weighted by molar-refractivity contribution is -0.150. The SMILES string of the molecule is O=P(c1ccccc1)(c1ccccc1)C(NC12CN3CN(CN(C3)C1)C2)c1ccc2c(c1)OCO2.